The number of pyridine rings is 3. The molecule has 0 aliphatic heterocycles. The van der Waals surface area contributed by atoms with Gasteiger partial charge in [0.1, 0.15) is 11.3 Å². The van der Waals surface area contributed by atoms with E-state index < -0.39 is 22.8 Å². The first kappa shape index (κ1) is 26.5. The molecule has 8 nitrogen and oxygen atoms in total. The van der Waals surface area contributed by atoms with Gasteiger partial charge in [0.25, 0.3) is 0 Å². The molecule has 0 spiro atoms. The molecule has 0 unspecified atom stereocenters. The van der Waals surface area contributed by atoms with Crippen LogP contribution in [0.5, 0.6) is 23.0 Å². The van der Waals surface area contributed by atoms with Gasteiger partial charge in [-0.2, -0.15) is 0 Å². The summed E-state index contributed by atoms with van der Waals surface area (Å²) in [6.07, 6.45) is 4.12. The Morgan fingerprint density at radius 2 is 1.75 bits per heavy atom. The second-order valence-electron chi connectivity index (χ2n) is 8.90. The number of nitrogens with zero attached hydrogens (tertiary/aromatic N) is 2. The summed E-state index contributed by atoms with van der Waals surface area (Å²) < 4.78 is 44.9. The van der Waals surface area contributed by atoms with E-state index in [9.17, 15) is 14.0 Å². The molecular weight excluding hydrogens is 520 g/mol. The second-order valence-corrected chi connectivity index (χ2v) is 8.90. The monoisotopic (exact) mass is 543 g/mol. The summed E-state index contributed by atoms with van der Waals surface area (Å²) in [7, 11) is 2.84. The summed E-state index contributed by atoms with van der Waals surface area (Å²) in [5, 5.41) is 0. The smallest absolute Gasteiger partial charge is 0.200 e. The molecule has 0 saturated heterocycles. The zero-order valence-electron chi connectivity index (χ0n) is 21.7. The average molecular weight is 544 g/mol. The highest BCUT2D eigenvalue weighted by Crippen LogP contribution is 2.31. The zero-order valence-corrected chi connectivity index (χ0v) is 21.7. The predicted molar refractivity (Wildman–Crippen MR) is 144 cm³/mol. The Kier molecular flexibility index (Phi) is 7.24. The number of Topliss-reactive ketones (excluding diaryl/α,β-unsaturated/α-hetero) is 1. The second kappa shape index (κ2) is 10.9. The highest BCUT2D eigenvalue weighted by atomic mass is 19.1. The van der Waals surface area contributed by atoms with Gasteiger partial charge in [-0.15, -0.1) is 0 Å². The maximum atomic E-state index is 15.0. The molecule has 3 aromatic heterocycles. The van der Waals surface area contributed by atoms with Crippen molar-refractivity contribution < 1.29 is 27.8 Å². The number of hydrogen-bond donors (Lipinski definition) is 1. The number of fused-ring (bicyclic) bond motifs is 1. The molecule has 40 heavy (non-hydrogen) atoms. The van der Waals surface area contributed by atoms with Crippen molar-refractivity contribution in [1.82, 2.24) is 15.0 Å². The first-order valence-electron chi connectivity index (χ1n) is 12.1. The molecule has 0 aliphatic carbocycles. The molecule has 0 fully saturated rings. The molecule has 5 aromatic rings. The van der Waals surface area contributed by atoms with Gasteiger partial charge in [0.15, 0.2) is 40.1 Å². The fourth-order valence-electron chi connectivity index (χ4n) is 4.31. The number of aromatic nitrogens is 3. The van der Waals surface area contributed by atoms with Gasteiger partial charge in [-0.25, -0.2) is 13.8 Å². The quantitative estimate of drug-likeness (QED) is 0.247. The fourth-order valence-corrected chi connectivity index (χ4v) is 4.31. The molecule has 0 aliphatic rings. The average Bonchev–Trinajstić information content (AvgIpc) is 2.95. The third-order valence-electron chi connectivity index (χ3n) is 6.35. The third kappa shape index (κ3) is 5.11. The lowest BCUT2D eigenvalue weighted by atomic mass is 9.97. The van der Waals surface area contributed by atoms with Crippen LogP contribution in [0, 0.1) is 18.6 Å². The molecule has 1 N–H and O–H groups in total. The summed E-state index contributed by atoms with van der Waals surface area (Å²) in [5.74, 6) is -1.05. The number of benzene rings is 2. The number of methoxy groups -OCH3 is 2. The van der Waals surface area contributed by atoms with E-state index in [-0.39, 0.29) is 29.0 Å². The normalized spacial score (nSPS) is 10.9. The van der Waals surface area contributed by atoms with Crippen molar-refractivity contribution in [3.63, 3.8) is 0 Å². The molecule has 0 atom stereocenters. The lowest BCUT2D eigenvalue weighted by molar-refractivity contribution is 0.0991. The predicted octanol–water partition coefficient (Wildman–Crippen LogP) is 5.81. The van der Waals surface area contributed by atoms with Gasteiger partial charge in [0, 0.05) is 42.2 Å². The molecule has 5 rings (SSSR count). The van der Waals surface area contributed by atoms with E-state index in [0.717, 1.165) is 0 Å². The van der Waals surface area contributed by atoms with Crippen LogP contribution in [0.2, 0.25) is 0 Å². The van der Waals surface area contributed by atoms with Crippen LogP contribution in [0.3, 0.4) is 0 Å². The van der Waals surface area contributed by atoms with E-state index in [1.165, 1.54) is 63.1 Å². The summed E-state index contributed by atoms with van der Waals surface area (Å²) in [5.41, 5.74) is 1.78. The Bertz CT molecular complexity index is 1820. The lowest BCUT2D eigenvalue weighted by Gasteiger charge is -2.11. The van der Waals surface area contributed by atoms with Crippen LogP contribution in [0.4, 0.5) is 8.78 Å². The summed E-state index contributed by atoms with van der Waals surface area (Å²) >= 11 is 0. The van der Waals surface area contributed by atoms with Crippen molar-refractivity contribution in [2.45, 2.75) is 13.3 Å². The minimum atomic E-state index is -0.694. The van der Waals surface area contributed by atoms with E-state index in [1.54, 1.807) is 25.1 Å². The van der Waals surface area contributed by atoms with Gasteiger partial charge in [0.05, 0.1) is 31.5 Å². The van der Waals surface area contributed by atoms with Gasteiger partial charge >= 0.3 is 0 Å². The number of halogens is 2. The Labute approximate surface area is 227 Å². The molecular formula is C30H23F2N3O5. The Morgan fingerprint density at radius 1 is 0.925 bits per heavy atom. The van der Waals surface area contributed by atoms with E-state index in [4.69, 9.17) is 14.2 Å². The van der Waals surface area contributed by atoms with Crippen LogP contribution in [0.15, 0.2) is 71.9 Å². The van der Waals surface area contributed by atoms with Crippen LogP contribution in [-0.2, 0) is 6.42 Å². The van der Waals surface area contributed by atoms with E-state index in [0.29, 0.717) is 39.4 Å². The molecule has 202 valence electrons. The zero-order chi connectivity index (χ0) is 28.4. The summed E-state index contributed by atoms with van der Waals surface area (Å²) in [6.45, 7) is 1.67. The number of aryl methyl sites for hydroxylation is 1. The first-order chi connectivity index (χ1) is 19.3. The van der Waals surface area contributed by atoms with Crippen LogP contribution in [0.25, 0.3) is 22.2 Å². The van der Waals surface area contributed by atoms with Gasteiger partial charge in [-0.05, 0) is 42.3 Å². The Hall–Kier alpha value is -5.12. The molecule has 10 heteroatoms. The molecule has 0 radical (unpaired) electrons. The number of H-pyrrole nitrogens is 1. The molecule has 3 heterocycles. The number of carbonyl (C=O) groups is 1. The maximum absolute atomic E-state index is 15.0. The lowest BCUT2D eigenvalue weighted by Crippen LogP contribution is -2.20. The Morgan fingerprint density at radius 3 is 2.50 bits per heavy atom. The standard InChI is InChI=1S/C30H23F2N3O5/c1-16-28(18-5-6-21(31)27(12-18)39-3)30(37)20(15-34-16)24(36)11-17-4-7-25(22(32)10-17)40-26-8-9-33-23-13-19(38-2)14-35-29(23)26/h4-10,12-15H,11H2,1-3H3,(H,34,37). The first-order valence-corrected chi connectivity index (χ1v) is 12.1. The fraction of sp³-hybridized carbons (Fsp3) is 0.133. The molecule has 0 amide bonds. The van der Waals surface area contributed by atoms with Crippen LogP contribution in [0.1, 0.15) is 21.6 Å². The highest BCUT2D eigenvalue weighted by molar-refractivity contribution is 5.98. The third-order valence-corrected chi connectivity index (χ3v) is 6.35. The molecule has 2 aromatic carbocycles. The van der Waals surface area contributed by atoms with Gasteiger partial charge in [-0.3, -0.25) is 14.6 Å². The van der Waals surface area contributed by atoms with Gasteiger partial charge in [-0.1, -0.05) is 12.1 Å². The van der Waals surface area contributed by atoms with Crippen molar-refractivity contribution in [2.75, 3.05) is 14.2 Å². The SMILES string of the molecule is COc1cnc2c(Oc3ccc(CC(=O)c4c[nH]c(C)c(-c5ccc(F)c(OC)c5)c4=O)cc3F)ccnc2c1. The van der Waals surface area contributed by atoms with Gasteiger partial charge < -0.3 is 19.2 Å². The van der Waals surface area contributed by atoms with E-state index in [2.05, 4.69) is 15.0 Å². The number of rotatable bonds is 8. The van der Waals surface area contributed by atoms with Crippen LogP contribution in [-0.4, -0.2) is 35.0 Å². The van der Waals surface area contributed by atoms with Crippen molar-refractivity contribution in [2.24, 2.45) is 0 Å². The number of carbonyl (C=O) groups excluding carboxylic acids is 1. The minimum absolute atomic E-state index is 0.0268. The van der Waals surface area contributed by atoms with Crippen LogP contribution >= 0.6 is 0 Å². The number of ketones is 1. The van der Waals surface area contributed by atoms with Crippen molar-refractivity contribution in [1.29, 1.82) is 0 Å². The largest absolute Gasteiger partial charge is 0.495 e. The minimum Gasteiger partial charge on any atom is -0.495 e. The maximum Gasteiger partial charge on any atom is 0.200 e. The van der Waals surface area contributed by atoms with Gasteiger partial charge in [0.2, 0.25) is 0 Å². The number of ether oxygens (including phenoxy) is 3. The van der Waals surface area contributed by atoms with Crippen molar-refractivity contribution in [3.05, 3.63) is 106 Å². The topological polar surface area (TPSA) is 103 Å². The molecule has 0 bridgehead atoms. The molecule has 0 saturated carbocycles. The summed E-state index contributed by atoms with van der Waals surface area (Å²) in [6, 6.07) is 11.4. The highest BCUT2D eigenvalue weighted by Gasteiger charge is 2.19. The Balaban J connectivity index is 1.39. The van der Waals surface area contributed by atoms with Crippen molar-refractivity contribution in [3.8, 4) is 34.1 Å². The number of aromatic amines is 1. The number of nitrogens with one attached hydrogen (secondary N) is 1. The van der Waals surface area contributed by atoms with E-state index in [1.807, 2.05) is 0 Å². The number of hydrogen-bond acceptors (Lipinski definition) is 7. The summed E-state index contributed by atoms with van der Waals surface area (Å²) in [4.78, 5) is 37.9. The van der Waals surface area contributed by atoms with Crippen molar-refractivity contribution >= 4 is 16.8 Å². The van der Waals surface area contributed by atoms with Crippen LogP contribution < -0.4 is 19.6 Å². The van der Waals surface area contributed by atoms with E-state index >= 15 is 4.39 Å².